The van der Waals surface area contributed by atoms with Crippen LogP contribution in [0.5, 0.6) is 0 Å². The lowest BCUT2D eigenvalue weighted by molar-refractivity contribution is 0.288. The largest absolute Gasteiger partial charge is 0.299 e. The first kappa shape index (κ1) is 18.1. The standard InChI is InChI=1S/C18H16Cl2N6S/c1-11-3-2-4-12(5-11)10-25-17(22-23-24-25)16-9-21-26(18(16)27)15-7-13(19)6-14(20)8-15/h2-9,21,23-24H,10H2,1H3. The minimum Gasteiger partial charge on any atom is -0.299 e. The molecule has 138 valence electrons. The Labute approximate surface area is 171 Å². The van der Waals surface area contributed by atoms with Gasteiger partial charge in [-0.25, -0.2) is 10.2 Å². The summed E-state index contributed by atoms with van der Waals surface area (Å²) in [5.74, 6) is 0.699. The molecule has 0 atom stereocenters. The number of nitrogens with zero attached hydrogens (tertiary/aromatic N) is 3. The Morgan fingerprint density at radius 1 is 1.11 bits per heavy atom. The summed E-state index contributed by atoms with van der Waals surface area (Å²) in [6, 6.07) is 13.6. The highest BCUT2D eigenvalue weighted by Gasteiger charge is 2.22. The molecule has 4 rings (SSSR count). The van der Waals surface area contributed by atoms with Gasteiger partial charge < -0.3 is 0 Å². The molecule has 6 nitrogen and oxygen atoms in total. The highest BCUT2D eigenvalue weighted by molar-refractivity contribution is 7.71. The van der Waals surface area contributed by atoms with E-state index in [1.165, 1.54) is 5.56 Å². The maximum atomic E-state index is 6.11. The van der Waals surface area contributed by atoms with Crippen molar-refractivity contribution in [1.82, 2.24) is 25.9 Å². The van der Waals surface area contributed by atoms with Crippen LogP contribution >= 0.6 is 35.4 Å². The van der Waals surface area contributed by atoms with Crippen LogP contribution in [0.25, 0.3) is 5.69 Å². The Morgan fingerprint density at radius 3 is 2.63 bits per heavy atom. The first-order valence-corrected chi connectivity index (χ1v) is 9.36. The van der Waals surface area contributed by atoms with Crippen LogP contribution in [0.15, 0.2) is 53.8 Å². The number of benzene rings is 2. The topological polar surface area (TPSA) is 60.4 Å². The van der Waals surface area contributed by atoms with Crippen molar-refractivity contribution in [3.8, 4) is 5.69 Å². The van der Waals surface area contributed by atoms with E-state index in [9.17, 15) is 0 Å². The second-order valence-electron chi connectivity index (χ2n) is 6.19. The number of nitrogens with one attached hydrogen (secondary N) is 3. The third-order valence-corrected chi connectivity index (χ3v) is 4.98. The quantitative estimate of drug-likeness (QED) is 0.551. The number of aromatic amines is 1. The van der Waals surface area contributed by atoms with Crippen molar-refractivity contribution in [3.05, 3.63) is 80.0 Å². The lowest BCUT2D eigenvalue weighted by Crippen LogP contribution is -2.40. The van der Waals surface area contributed by atoms with E-state index in [0.29, 0.717) is 27.1 Å². The molecule has 0 fully saturated rings. The van der Waals surface area contributed by atoms with Gasteiger partial charge in [0, 0.05) is 16.2 Å². The van der Waals surface area contributed by atoms with Crippen LogP contribution in [-0.4, -0.2) is 20.6 Å². The molecular weight excluding hydrogens is 403 g/mol. The molecule has 3 N–H and O–H groups in total. The van der Waals surface area contributed by atoms with Crippen LogP contribution in [0.3, 0.4) is 0 Å². The minimum absolute atomic E-state index is 0.540. The molecule has 0 unspecified atom stereocenters. The van der Waals surface area contributed by atoms with Gasteiger partial charge in [0.15, 0.2) is 5.84 Å². The van der Waals surface area contributed by atoms with Crippen LogP contribution < -0.4 is 11.1 Å². The Kier molecular flexibility index (Phi) is 4.92. The first-order valence-electron chi connectivity index (χ1n) is 8.20. The fraction of sp³-hybridized carbons (Fsp3) is 0.111. The summed E-state index contributed by atoms with van der Waals surface area (Å²) >= 11 is 17.9. The summed E-state index contributed by atoms with van der Waals surface area (Å²) < 4.78 is 2.32. The minimum atomic E-state index is 0.540. The summed E-state index contributed by atoms with van der Waals surface area (Å²) in [5, 5.41) is 10.5. The van der Waals surface area contributed by atoms with E-state index in [4.69, 9.17) is 35.4 Å². The maximum absolute atomic E-state index is 6.11. The summed E-state index contributed by atoms with van der Waals surface area (Å²) in [4.78, 5) is 0. The third-order valence-electron chi connectivity index (χ3n) is 4.14. The van der Waals surface area contributed by atoms with Crippen molar-refractivity contribution in [1.29, 1.82) is 0 Å². The molecule has 1 aliphatic rings. The van der Waals surface area contributed by atoms with Crippen molar-refractivity contribution < 1.29 is 0 Å². The van der Waals surface area contributed by atoms with Gasteiger partial charge in [-0.2, -0.15) is 0 Å². The SMILES string of the molecule is Cc1cccc(CN2NNN=C2c2c[nH]n(-c3cc(Cl)cc(Cl)c3)c2=S)c1. The van der Waals surface area contributed by atoms with E-state index >= 15 is 0 Å². The zero-order valence-corrected chi connectivity index (χ0v) is 16.7. The number of aromatic nitrogens is 2. The van der Waals surface area contributed by atoms with Gasteiger partial charge in [0.2, 0.25) is 0 Å². The van der Waals surface area contributed by atoms with E-state index < -0.39 is 0 Å². The van der Waals surface area contributed by atoms with E-state index in [1.807, 2.05) is 17.3 Å². The van der Waals surface area contributed by atoms with Crippen molar-refractivity contribution in [3.63, 3.8) is 0 Å². The number of hydrogen-bond acceptors (Lipinski definition) is 5. The van der Waals surface area contributed by atoms with E-state index in [1.54, 1.807) is 22.9 Å². The average molecular weight is 419 g/mol. The van der Waals surface area contributed by atoms with Gasteiger partial charge in [0.25, 0.3) is 0 Å². The van der Waals surface area contributed by atoms with Crippen LogP contribution in [0.4, 0.5) is 0 Å². The molecular formula is C18H16Cl2N6S. The predicted molar refractivity (Wildman–Crippen MR) is 111 cm³/mol. The zero-order valence-electron chi connectivity index (χ0n) is 14.3. The van der Waals surface area contributed by atoms with Gasteiger partial charge in [-0.1, -0.05) is 65.2 Å². The average Bonchev–Trinajstić information content (AvgIpc) is 3.20. The van der Waals surface area contributed by atoms with Gasteiger partial charge in [-0.05, 0) is 30.7 Å². The smallest absolute Gasteiger partial charge is 0.177 e. The van der Waals surface area contributed by atoms with Crippen molar-refractivity contribution in [2.45, 2.75) is 13.5 Å². The molecule has 0 saturated carbocycles. The molecule has 0 spiro atoms. The summed E-state index contributed by atoms with van der Waals surface area (Å²) in [5.41, 5.74) is 9.75. The lowest BCUT2D eigenvalue weighted by atomic mass is 10.1. The van der Waals surface area contributed by atoms with Gasteiger partial charge >= 0.3 is 0 Å². The number of hydrazine groups is 2. The molecule has 0 radical (unpaired) electrons. The normalized spacial score (nSPS) is 13.6. The molecule has 2 heterocycles. The third kappa shape index (κ3) is 3.72. The molecule has 9 heteroatoms. The van der Waals surface area contributed by atoms with Crippen LogP contribution in [-0.2, 0) is 6.54 Å². The van der Waals surface area contributed by atoms with Crippen LogP contribution in [0.2, 0.25) is 10.0 Å². The highest BCUT2D eigenvalue weighted by atomic mass is 35.5. The summed E-state index contributed by atoms with van der Waals surface area (Å²) in [6.07, 6.45) is 1.81. The van der Waals surface area contributed by atoms with Gasteiger partial charge in [-0.3, -0.25) is 10.1 Å². The molecule has 0 amide bonds. The molecule has 1 aromatic heterocycles. The van der Waals surface area contributed by atoms with Crippen molar-refractivity contribution in [2.24, 2.45) is 5.10 Å². The second kappa shape index (κ2) is 7.36. The Morgan fingerprint density at radius 2 is 1.89 bits per heavy atom. The van der Waals surface area contributed by atoms with E-state index in [-0.39, 0.29) is 0 Å². The van der Waals surface area contributed by atoms with Crippen LogP contribution in [0, 0.1) is 11.6 Å². The number of hydrogen-bond donors (Lipinski definition) is 3. The number of hydrazone groups is 1. The van der Waals surface area contributed by atoms with Gasteiger partial charge in [-0.15, -0.1) is 10.6 Å². The number of rotatable bonds is 4. The predicted octanol–water partition coefficient (Wildman–Crippen LogP) is 4.34. The number of aryl methyl sites for hydroxylation is 1. The first-order chi connectivity index (χ1) is 13.0. The molecule has 1 aliphatic heterocycles. The monoisotopic (exact) mass is 418 g/mol. The zero-order chi connectivity index (χ0) is 19.0. The number of halogens is 2. The molecule has 0 bridgehead atoms. The molecule has 0 saturated heterocycles. The van der Waals surface area contributed by atoms with Gasteiger partial charge in [0.1, 0.15) is 4.64 Å². The molecule has 3 aromatic rings. The van der Waals surface area contributed by atoms with Crippen LogP contribution in [0.1, 0.15) is 16.7 Å². The fourth-order valence-electron chi connectivity index (χ4n) is 2.95. The summed E-state index contributed by atoms with van der Waals surface area (Å²) in [7, 11) is 0. The van der Waals surface area contributed by atoms with E-state index in [0.717, 1.165) is 16.8 Å². The maximum Gasteiger partial charge on any atom is 0.177 e. The Bertz CT molecular complexity index is 1070. The molecule has 27 heavy (non-hydrogen) atoms. The second-order valence-corrected chi connectivity index (χ2v) is 7.45. The Hall–Kier alpha value is -2.32. The number of H-pyrrole nitrogens is 1. The highest BCUT2D eigenvalue weighted by Crippen LogP contribution is 2.23. The summed E-state index contributed by atoms with van der Waals surface area (Å²) in [6.45, 7) is 2.71. The lowest BCUT2D eigenvalue weighted by Gasteiger charge is -2.18. The molecule has 2 aromatic carbocycles. The van der Waals surface area contributed by atoms with Gasteiger partial charge in [0.05, 0.1) is 17.8 Å². The fourth-order valence-corrected chi connectivity index (χ4v) is 3.78. The van der Waals surface area contributed by atoms with E-state index in [2.05, 4.69) is 46.4 Å². The van der Waals surface area contributed by atoms with Crippen molar-refractivity contribution >= 4 is 41.3 Å². The number of amidine groups is 1. The molecule has 0 aliphatic carbocycles. The Balaban J connectivity index is 1.65. The van der Waals surface area contributed by atoms with Crippen molar-refractivity contribution in [2.75, 3.05) is 0 Å².